The summed E-state index contributed by atoms with van der Waals surface area (Å²) in [7, 11) is 1.19. The molecule has 0 saturated carbocycles. The highest BCUT2D eigenvalue weighted by Crippen LogP contribution is 2.38. The summed E-state index contributed by atoms with van der Waals surface area (Å²) >= 11 is 6.42. The van der Waals surface area contributed by atoms with Gasteiger partial charge < -0.3 is 29.2 Å². The fraction of sp³-hybridized carbons (Fsp3) is 0.355. The summed E-state index contributed by atoms with van der Waals surface area (Å²) in [4.78, 5) is 28.4. The van der Waals surface area contributed by atoms with Crippen LogP contribution in [0.4, 0.5) is 5.69 Å². The average Bonchev–Trinajstić information content (AvgIpc) is 3.04. The Balaban J connectivity index is 2.17. The molecule has 3 aromatic carbocycles. The summed E-state index contributed by atoms with van der Waals surface area (Å²) in [6.45, 7) is 3.18. The number of anilines is 1. The second kappa shape index (κ2) is 15.5. The van der Waals surface area contributed by atoms with E-state index in [1.54, 1.807) is 37.3 Å². The molecule has 0 bridgehead atoms. The zero-order chi connectivity index (χ0) is 32.4. The van der Waals surface area contributed by atoms with Gasteiger partial charge in [-0.25, -0.2) is 8.42 Å². The van der Waals surface area contributed by atoms with E-state index in [1.807, 2.05) is 6.92 Å². The predicted octanol–water partition coefficient (Wildman–Crippen LogP) is 4.51. The highest BCUT2D eigenvalue weighted by Gasteiger charge is 2.34. The van der Waals surface area contributed by atoms with Gasteiger partial charge in [0.05, 0.1) is 39.0 Å². The van der Waals surface area contributed by atoms with Crippen LogP contribution >= 0.6 is 11.6 Å². The zero-order valence-electron chi connectivity index (χ0n) is 25.6. The Hall–Kier alpha value is -4.16. The van der Waals surface area contributed by atoms with Gasteiger partial charge in [-0.1, -0.05) is 36.7 Å². The first-order valence-electron chi connectivity index (χ1n) is 13.8. The molecule has 0 spiro atoms. The van der Waals surface area contributed by atoms with Crippen molar-refractivity contribution >= 4 is 39.1 Å². The molecule has 0 aromatic heterocycles. The molecule has 2 amide bonds. The Labute approximate surface area is 263 Å². The van der Waals surface area contributed by atoms with Crippen molar-refractivity contribution in [3.05, 3.63) is 71.2 Å². The summed E-state index contributed by atoms with van der Waals surface area (Å²) in [5.41, 5.74) is 0.640. The molecule has 0 fully saturated rings. The van der Waals surface area contributed by atoms with Crippen molar-refractivity contribution in [3.63, 3.8) is 0 Å². The Bertz CT molecular complexity index is 1570. The second-order valence-electron chi connectivity index (χ2n) is 9.65. The number of carbonyl (C=O) groups excluding carboxylic acids is 2. The van der Waals surface area contributed by atoms with Gasteiger partial charge in [-0.05, 0) is 49.2 Å². The van der Waals surface area contributed by atoms with E-state index in [2.05, 4.69) is 5.32 Å². The summed E-state index contributed by atoms with van der Waals surface area (Å²) in [5, 5.41) is 3.20. The molecule has 0 aliphatic rings. The quantitative estimate of drug-likeness (QED) is 0.256. The first-order valence-corrected chi connectivity index (χ1v) is 15.6. The molecule has 1 N–H and O–H groups in total. The number of carbonyl (C=O) groups is 2. The Morgan fingerprint density at radius 3 is 2.16 bits per heavy atom. The van der Waals surface area contributed by atoms with E-state index in [9.17, 15) is 18.0 Å². The van der Waals surface area contributed by atoms with Gasteiger partial charge in [0.2, 0.25) is 11.8 Å². The van der Waals surface area contributed by atoms with Crippen molar-refractivity contribution in [2.45, 2.75) is 37.8 Å². The fourth-order valence-electron chi connectivity index (χ4n) is 4.40. The van der Waals surface area contributed by atoms with Crippen LogP contribution in [-0.2, 0) is 26.2 Å². The van der Waals surface area contributed by atoms with Crippen LogP contribution in [-0.4, -0.2) is 72.7 Å². The zero-order valence-corrected chi connectivity index (χ0v) is 27.2. The summed E-state index contributed by atoms with van der Waals surface area (Å²) in [6, 6.07) is 14.7. The molecule has 1 unspecified atom stereocenters. The number of nitrogens with zero attached hydrogens (tertiary/aromatic N) is 2. The molecule has 3 aromatic rings. The maximum atomic E-state index is 14.3. The van der Waals surface area contributed by atoms with Gasteiger partial charge in [0.1, 0.15) is 24.1 Å². The molecule has 11 nitrogen and oxygen atoms in total. The van der Waals surface area contributed by atoms with E-state index < -0.39 is 28.5 Å². The number of nitrogens with one attached hydrogen (secondary N) is 1. The van der Waals surface area contributed by atoms with Gasteiger partial charge in [-0.15, -0.1) is 0 Å². The molecule has 0 radical (unpaired) electrons. The third kappa shape index (κ3) is 7.86. The smallest absolute Gasteiger partial charge is 0.265 e. The number of benzene rings is 3. The third-order valence-corrected chi connectivity index (χ3v) is 9.02. The first-order chi connectivity index (χ1) is 21.0. The lowest BCUT2D eigenvalue weighted by molar-refractivity contribution is -0.139. The highest BCUT2D eigenvalue weighted by atomic mass is 35.5. The Morgan fingerprint density at radius 2 is 1.55 bits per heavy atom. The second-order valence-corrected chi connectivity index (χ2v) is 11.9. The minimum absolute atomic E-state index is 0.0429. The molecule has 1 atom stereocenters. The van der Waals surface area contributed by atoms with Gasteiger partial charge in [-0.2, -0.15) is 0 Å². The van der Waals surface area contributed by atoms with Gasteiger partial charge in [0, 0.05) is 30.2 Å². The van der Waals surface area contributed by atoms with Crippen LogP contribution < -0.4 is 28.6 Å². The average molecular weight is 648 g/mol. The number of hydrogen-bond acceptors (Lipinski definition) is 8. The number of hydrogen-bond donors (Lipinski definition) is 1. The summed E-state index contributed by atoms with van der Waals surface area (Å²) in [5.74, 6) is -0.0292. The van der Waals surface area contributed by atoms with Crippen molar-refractivity contribution in [1.82, 2.24) is 10.2 Å². The van der Waals surface area contributed by atoms with E-state index in [-0.39, 0.29) is 34.5 Å². The Morgan fingerprint density at radius 1 is 0.886 bits per heavy atom. The van der Waals surface area contributed by atoms with Crippen molar-refractivity contribution in [1.29, 1.82) is 0 Å². The lowest BCUT2D eigenvalue weighted by atomic mass is 10.1. The molecule has 0 aliphatic carbocycles. The molecule has 44 heavy (non-hydrogen) atoms. The van der Waals surface area contributed by atoms with E-state index in [4.69, 9.17) is 30.5 Å². The topological polar surface area (TPSA) is 124 Å². The van der Waals surface area contributed by atoms with E-state index in [1.165, 1.54) is 63.7 Å². The molecule has 0 heterocycles. The lowest BCUT2D eigenvalue weighted by Crippen LogP contribution is -2.51. The summed E-state index contributed by atoms with van der Waals surface area (Å²) in [6.07, 6.45) is 0.698. The molecular formula is C31H38ClN3O8S. The van der Waals surface area contributed by atoms with Crippen LogP contribution in [0, 0.1) is 0 Å². The maximum absolute atomic E-state index is 14.3. The molecule has 0 aliphatic heterocycles. The standard InChI is InChI=1S/C31H38ClN3O8S/c1-7-16-33-31(37)21(2)34(19-22-10-8-9-11-25(22)32)30(36)20-35(26-17-23(40-3)12-14-27(26)41-4)44(38,39)24-13-15-28(42-5)29(18-24)43-6/h8-15,17-18,21H,7,16,19-20H2,1-6H3,(H,33,37). The van der Waals surface area contributed by atoms with Crippen molar-refractivity contribution in [3.8, 4) is 23.0 Å². The molecular weight excluding hydrogens is 610 g/mol. The van der Waals surface area contributed by atoms with E-state index in [0.717, 1.165) is 4.31 Å². The predicted molar refractivity (Wildman–Crippen MR) is 168 cm³/mol. The van der Waals surface area contributed by atoms with Gasteiger partial charge in [0.15, 0.2) is 11.5 Å². The van der Waals surface area contributed by atoms with Crippen LogP contribution in [0.3, 0.4) is 0 Å². The van der Waals surface area contributed by atoms with Crippen LogP contribution in [0.25, 0.3) is 0 Å². The van der Waals surface area contributed by atoms with Gasteiger partial charge in [0.25, 0.3) is 10.0 Å². The number of ether oxygens (including phenoxy) is 4. The van der Waals surface area contributed by atoms with Crippen molar-refractivity contribution in [2.24, 2.45) is 0 Å². The van der Waals surface area contributed by atoms with E-state index in [0.29, 0.717) is 35.1 Å². The minimum atomic E-state index is -4.45. The minimum Gasteiger partial charge on any atom is -0.497 e. The molecule has 3 rings (SSSR count). The highest BCUT2D eigenvalue weighted by molar-refractivity contribution is 7.92. The van der Waals surface area contributed by atoms with Crippen molar-refractivity contribution < 1.29 is 37.0 Å². The lowest BCUT2D eigenvalue weighted by Gasteiger charge is -2.32. The maximum Gasteiger partial charge on any atom is 0.265 e. The largest absolute Gasteiger partial charge is 0.497 e. The SMILES string of the molecule is CCCNC(=O)C(C)N(Cc1ccccc1Cl)C(=O)CN(c1cc(OC)ccc1OC)S(=O)(=O)c1ccc(OC)c(OC)c1. The van der Waals surface area contributed by atoms with Crippen LogP contribution in [0.15, 0.2) is 65.6 Å². The van der Waals surface area contributed by atoms with Crippen LogP contribution in [0.2, 0.25) is 5.02 Å². The summed E-state index contributed by atoms with van der Waals surface area (Å²) < 4.78 is 51.1. The number of rotatable bonds is 15. The first kappa shape index (κ1) is 34.3. The van der Waals surface area contributed by atoms with Crippen molar-refractivity contribution in [2.75, 3.05) is 45.8 Å². The third-order valence-electron chi connectivity index (χ3n) is 6.89. The molecule has 13 heteroatoms. The number of amides is 2. The van der Waals surface area contributed by atoms with Crippen LogP contribution in [0.5, 0.6) is 23.0 Å². The number of halogens is 1. The fourth-order valence-corrected chi connectivity index (χ4v) is 6.03. The monoisotopic (exact) mass is 647 g/mol. The molecule has 238 valence electrons. The molecule has 0 saturated heterocycles. The van der Waals surface area contributed by atoms with Gasteiger partial charge >= 0.3 is 0 Å². The Kier molecular flexibility index (Phi) is 12.1. The number of sulfonamides is 1. The van der Waals surface area contributed by atoms with Gasteiger partial charge in [-0.3, -0.25) is 13.9 Å². The number of methoxy groups -OCH3 is 4. The van der Waals surface area contributed by atoms with E-state index >= 15 is 0 Å². The van der Waals surface area contributed by atoms with Crippen LogP contribution in [0.1, 0.15) is 25.8 Å². The normalized spacial score (nSPS) is 11.7.